The van der Waals surface area contributed by atoms with Crippen molar-refractivity contribution in [3.63, 3.8) is 0 Å². The van der Waals surface area contributed by atoms with Crippen molar-refractivity contribution in [1.82, 2.24) is 15.1 Å². The van der Waals surface area contributed by atoms with Crippen molar-refractivity contribution in [2.75, 3.05) is 10.6 Å². The minimum absolute atomic E-state index is 0.0951. The van der Waals surface area contributed by atoms with Gasteiger partial charge < -0.3 is 15.6 Å². The molecule has 0 aliphatic heterocycles. The van der Waals surface area contributed by atoms with Crippen LogP contribution in [0.3, 0.4) is 0 Å². The van der Waals surface area contributed by atoms with Gasteiger partial charge in [0.05, 0.1) is 33.4 Å². The molecule has 9 nitrogen and oxygen atoms in total. The van der Waals surface area contributed by atoms with Crippen molar-refractivity contribution in [3.05, 3.63) is 97.0 Å². The van der Waals surface area contributed by atoms with Crippen molar-refractivity contribution in [2.24, 2.45) is 0 Å². The third-order valence-corrected chi connectivity index (χ3v) is 6.68. The first kappa shape index (κ1) is 24.8. The van der Waals surface area contributed by atoms with E-state index in [1.165, 1.54) is 0 Å². The monoisotopic (exact) mass is 599 g/mol. The van der Waals surface area contributed by atoms with E-state index in [-0.39, 0.29) is 23.8 Å². The number of fused-ring (bicyclic) bond motifs is 1. The zero-order valence-electron chi connectivity index (χ0n) is 18.7. The molecule has 0 atom stereocenters. The van der Waals surface area contributed by atoms with Gasteiger partial charge in [0.1, 0.15) is 5.69 Å². The van der Waals surface area contributed by atoms with E-state index in [2.05, 4.69) is 46.2 Å². The molecule has 4 N–H and O–H groups in total. The molecule has 0 radical (unpaired) electrons. The van der Waals surface area contributed by atoms with Crippen molar-refractivity contribution in [3.8, 4) is 11.4 Å². The number of benzene rings is 3. The van der Waals surface area contributed by atoms with E-state index < -0.39 is 11.7 Å². The zero-order chi connectivity index (χ0) is 26.1. The van der Waals surface area contributed by atoms with Gasteiger partial charge in [-0.2, -0.15) is 0 Å². The second-order valence-corrected chi connectivity index (χ2v) is 9.74. The molecule has 5 rings (SSSR count). The molecule has 0 saturated carbocycles. The van der Waals surface area contributed by atoms with Crippen LogP contribution >= 0.6 is 39.1 Å². The number of para-hydroxylation sites is 1. The number of nitrogens with zero attached hydrogens (tertiary/aromatic N) is 1. The summed E-state index contributed by atoms with van der Waals surface area (Å²) in [7, 11) is 0. The summed E-state index contributed by atoms with van der Waals surface area (Å²) in [5.74, 6) is -1.23. The van der Waals surface area contributed by atoms with Gasteiger partial charge in [-0.1, -0.05) is 62.5 Å². The molecule has 2 aromatic heterocycles. The summed E-state index contributed by atoms with van der Waals surface area (Å²) in [6.07, 6.45) is 0.0951. The largest absolute Gasteiger partial charge is 0.439 e. The maximum absolute atomic E-state index is 13.1. The fourth-order valence-electron chi connectivity index (χ4n) is 3.77. The van der Waals surface area contributed by atoms with Crippen molar-refractivity contribution in [2.45, 2.75) is 6.42 Å². The molecule has 0 aliphatic rings. The summed E-state index contributed by atoms with van der Waals surface area (Å²) in [5, 5.41) is 10.9. The quantitative estimate of drug-likeness (QED) is 0.189. The van der Waals surface area contributed by atoms with Crippen molar-refractivity contribution in [1.29, 1.82) is 0 Å². The van der Waals surface area contributed by atoms with Gasteiger partial charge in [0.2, 0.25) is 5.91 Å². The molecular formula is C25H16BrCl2N5O4. The predicted octanol–water partition coefficient (Wildman–Crippen LogP) is 6.01. The number of anilines is 2. The Hall–Kier alpha value is -3.86. The summed E-state index contributed by atoms with van der Waals surface area (Å²) in [6.45, 7) is 0. The van der Waals surface area contributed by atoms with Crippen LogP contribution in [0.1, 0.15) is 16.1 Å². The molecule has 0 unspecified atom stereocenters. The molecular weight excluding hydrogens is 585 g/mol. The van der Waals surface area contributed by atoms with E-state index in [4.69, 9.17) is 23.2 Å². The Morgan fingerprint density at radius 3 is 2.54 bits per heavy atom. The number of aromatic nitrogens is 3. The zero-order valence-corrected chi connectivity index (χ0v) is 21.8. The minimum atomic E-state index is -0.711. The number of rotatable bonds is 6. The number of carbonyl (C=O) groups excluding carboxylic acids is 2. The Bertz CT molecular complexity index is 1730. The predicted molar refractivity (Wildman–Crippen MR) is 145 cm³/mol. The molecule has 0 fully saturated rings. The van der Waals surface area contributed by atoms with Crippen LogP contribution < -0.4 is 16.4 Å². The Morgan fingerprint density at radius 2 is 1.78 bits per heavy atom. The van der Waals surface area contributed by atoms with E-state index in [1.807, 2.05) is 6.07 Å². The van der Waals surface area contributed by atoms with Gasteiger partial charge >= 0.3 is 5.76 Å². The molecule has 0 aliphatic carbocycles. The minimum Gasteiger partial charge on any atom is -0.349 e. The van der Waals surface area contributed by atoms with Gasteiger partial charge in [-0.15, -0.1) is 0 Å². The second-order valence-electron chi connectivity index (χ2n) is 8.01. The lowest BCUT2D eigenvalue weighted by Crippen LogP contribution is -2.15. The van der Waals surface area contributed by atoms with Gasteiger partial charge in [0.25, 0.3) is 5.91 Å². The lowest BCUT2D eigenvalue weighted by molar-refractivity contribution is -0.115. The molecule has 12 heteroatoms. The standard InChI is InChI=1S/C25H16BrCl2N5O4/c26-14-5-7-18(15(11-14)23-32-25(36)37-33-23)31-24(35)20-10-13-2-1-3-19(22(13)30-20)29-21(34)9-12-4-6-16(27)17(28)8-12/h1-8,10-11,30H,9H2,(H,29,34)(H,31,35)(H,32,33,36). The third-order valence-electron chi connectivity index (χ3n) is 5.45. The normalized spacial score (nSPS) is 11.0. The average molecular weight is 601 g/mol. The molecule has 3 aromatic carbocycles. The molecule has 5 aromatic rings. The smallest absolute Gasteiger partial charge is 0.349 e. The summed E-state index contributed by atoms with van der Waals surface area (Å²) < 4.78 is 5.31. The van der Waals surface area contributed by atoms with E-state index in [0.717, 1.165) is 9.86 Å². The highest BCUT2D eigenvalue weighted by Gasteiger charge is 2.17. The van der Waals surface area contributed by atoms with E-state index >= 15 is 0 Å². The molecule has 0 bridgehead atoms. The first-order valence-corrected chi connectivity index (χ1v) is 12.3. The highest BCUT2D eigenvalue weighted by atomic mass is 79.9. The van der Waals surface area contributed by atoms with Crippen LogP contribution in [0.2, 0.25) is 10.0 Å². The maximum Gasteiger partial charge on any atom is 0.439 e. The molecule has 0 spiro atoms. The first-order chi connectivity index (χ1) is 17.8. The fourth-order valence-corrected chi connectivity index (χ4v) is 4.45. The Kier molecular flexibility index (Phi) is 6.88. The maximum atomic E-state index is 13.1. The SMILES string of the molecule is O=C(Cc1ccc(Cl)c(Cl)c1)Nc1cccc2cc(C(=O)Nc3ccc(Br)cc3-c3noc(=O)[nH]3)[nH]c12. The molecule has 37 heavy (non-hydrogen) atoms. The number of amides is 2. The number of hydrogen-bond donors (Lipinski definition) is 4. The second kappa shape index (κ2) is 10.3. The van der Waals surface area contributed by atoms with Crippen LogP contribution in [-0.2, 0) is 11.2 Å². The Labute approximate surface area is 227 Å². The number of aromatic amines is 2. The number of halogens is 3. The third kappa shape index (κ3) is 5.46. The highest BCUT2D eigenvalue weighted by Crippen LogP contribution is 2.30. The molecule has 186 valence electrons. The number of hydrogen-bond acceptors (Lipinski definition) is 5. The summed E-state index contributed by atoms with van der Waals surface area (Å²) >= 11 is 15.4. The van der Waals surface area contributed by atoms with E-state index in [1.54, 1.807) is 54.6 Å². The van der Waals surface area contributed by atoms with Crippen LogP contribution in [0.5, 0.6) is 0 Å². The highest BCUT2D eigenvalue weighted by molar-refractivity contribution is 9.10. The fraction of sp³-hybridized carbons (Fsp3) is 0.0400. The van der Waals surface area contributed by atoms with E-state index in [9.17, 15) is 14.4 Å². The van der Waals surface area contributed by atoms with Crippen LogP contribution in [0, 0.1) is 0 Å². The van der Waals surface area contributed by atoms with Gasteiger partial charge in [-0.05, 0) is 48.0 Å². The average Bonchev–Trinajstić information content (AvgIpc) is 3.49. The van der Waals surface area contributed by atoms with Gasteiger partial charge in [-0.25, -0.2) is 4.79 Å². The van der Waals surface area contributed by atoms with Crippen LogP contribution in [0.4, 0.5) is 11.4 Å². The van der Waals surface area contributed by atoms with Crippen LogP contribution in [0.15, 0.2) is 74.5 Å². The number of carbonyl (C=O) groups is 2. The van der Waals surface area contributed by atoms with Crippen LogP contribution in [-0.4, -0.2) is 26.9 Å². The summed E-state index contributed by atoms with van der Waals surface area (Å²) in [5.41, 5.74) is 2.96. The Morgan fingerprint density at radius 1 is 0.946 bits per heavy atom. The summed E-state index contributed by atoms with van der Waals surface area (Å²) in [4.78, 5) is 42.8. The van der Waals surface area contributed by atoms with Crippen molar-refractivity contribution >= 4 is 73.2 Å². The first-order valence-electron chi connectivity index (χ1n) is 10.8. The molecule has 0 saturated heterocycles. The number of nitrogens with one attached hydrogen (secondary N) is 4. The lowest BCUT2D eigenvalue weighted by atomic mass is 10.1. The number of H-pyrrole nitrogens is 2. The van der Waals surface area contributed by atoms with Gasteiger partial charge in [-0.3, -0.25) is 19.1 Å². The molecule has 2 amide bonds. The molecule has 2 heterocycles. The topological polar surface area (TPSA) is 133 Å². The summed E-state index contributed by atoms with van der Waals surface area (Å²) in [6, 6.07) is 17.1. The van der Waals surface area contributed by atoms with Gasteiger partial charge in [0, 0.05) is 15.4 Å². The van der Waals surface area contributed by atoms with Crippen molar-refractivity contribution < 1.29 is 14.1 Å². The van der Waals surface area contributed by atoms with E-state index in [0.29, 0.717) is 38.1 Å². The Balaban J connectivity index is 1.37. The lowest BCUT2D eigenvalue weighted by Gasteiger charge is -2.09. The van der Waals surface area contributed by atoms with Gasteiger partial charge in [0.15, 0.2) is 5.82 Å². The van der Waals surface area contributed by atoms with Crippen LogP contribution in [0.25, 0.3) is 22.3 Å².